The van der Waals surface area contributed by atoms with Gasteiger partial charge in [-0.2, -0.15) is 0 Å². The van der Waals surface area contributed by atoms with Crippen LogP contribution in [0.1, 0.15) is 71.6 Å². The molecule has 5 nitrogen and oxygen atoms in total. The molecule has 2 amide bonds. The van der Waals surface area contributed by atoms with Crippen molar-refractivity contribution in [2.75, 3.05) is 0 Å². The van der Waals surface area contributed by atoms with Crippen molar-refractivity contribution >= 4 is 11.8 Å². The zero-order chi connectivity index (χ0) is 17.3. The largest absolute Gasteiger partial charge is 0.401 e. The summed E-state index contributed by atoms with van der Waals surface area (Å²) in [6.45, 7) is 3.66. The quantitative estimate of drug-likeness (QED) is 0.846. The van der Waals surface area contributed by atoms with Gasteiger partial charge in [0.15, 0.2) is 0 Å². The van der Waals surface area contributed by atoms with E-state index >= 15 is 0 Å². The summed E-state index contributed by atoms with van der Waals surface area (Å²) in [5.41, 5.74) is 6.47. The summed E-state index contributed by atoms with van der Waals surface area (Å²) < 4.78 is 0. The topological polar surface area (TPSA) is 66.6 Å². The molecule has 1 heterocycles. The number of carbonyl (C=O) groups excluding carboxylic acids is 2. The number of hydrogen-bond donors (Lipinski definition) is 1. The Morgan fingerprint density at radius 1 is 1.17 bits per heavy atom. The maximum absolute atomic E-state index is 13.1. The standard InChI is InChI=1S/C19H29N3O2/c1-19(2)18(24)21(14-10-6-4-3-5-7-11-14)22(19)17(23)15-12-8-9-13-16(15)20/h8,12,14H,3-7,9-11,13,20H2,1-2H3. The number of amides is 2. The van der Waals surface area contributed by atoms with Crippen LogP contribution in [0.25, 0.3) is 0 Å². The van der Waals surface area contributed by atoms with E-state index in [1.165, 1.54) is 19.3 Å². The Bertz CT molecular complexity index is 583. The molecule has 0 unspecified atom stereocenters. The molecule has 3 rings (SSSR count). The van der Waals surface area contributed by atoms with Crippen molar-refractivity contribution in [1.82, 2.24) is 10.0 Å². The summed E-state index contributed by atoms with van der Waals surface area (Å²) in [6, 6.07) is 0.143. The predicted molar refractivity (Wildman–Crippen MR) is 93.5 cm³/mol. The Morgan fingerprint density at radius 3 is 2.42 bits per heavy atom. The van der Waals surface area contributed by atoms with Crippen molar-refractivity contribution in [2.24, 2.45) is 5.73 Å². The molecule has 2 aliphatic carbocycles. The van der Waals surface area contributed by atoms with Crippen molar-refractivity contribution in [3.63, 3.8) is 0 Å². The number of nitrogens with zero attached hydrogens (tertiary/aromatic N) is 2. The molecule has 0 radical (unpaired) electrons. The number of nitrogens with two attached hydrogens (primary N) is 1. The highest BCUT2D eigenvalue weighted by Crippen LogP contribution is 2.38. The summed E-state index contributed by atoms with van der Waals surface area (Å²) in [7, 11) is 0. The van der Waals surface area contributed by atoms with Crippen LogP contribution < -0.4 is 5.73 Å². The fourth-order valence-electron chi connectivity index (χ4n) is 4.05. The Kier molecular flexibility index (Phi) is 4.70. The smallest absolute Gasteiger partial charge is 0.275 e. The zero-order valence-corrected chi connectivity index (χ0v) is 14.9. The van der Waals surface area contributed by atoms with Crippen molar-refractivity contribution in [1.29, 1.82) is 0 Å². The summed E-state index contributed by atoms with van der Waals surface area (Å²) in [4.78, 5) is 25.8. The zero-order valence-electron chi connectivity index (χ0n) is 14.9. The fourth-order valence-corrected chi connectivity index (χ4v) is 4.05. The third-order valence-electron chi connectivity index (χ3n) is 5.53. The van der Waals surface area contributed by atoms with Crippen molar-refractivity contribution in [2.45, 2.75) is 83.2 Å². The molecule has 132 valence electrons. The van der Waals surface area contributed by atoms with E-state index in [-0.39, 0.29) is 17.9 Å². The van der Waals surface area contributed by atoms with Crippen LogP contribution in [0.5, 0.6) is 0 Å². The highest BCUT2D eigenvalue weighted by atomic mass is 16.2. The molecule has 2 fully saturated rings. The van der Waals surface area contributed by atoms with Crippen molar-refractivity contribution in [3.05, 3.63) is 23.4 Å². The molecular formula is C19H29N3O2. The Labute approximate surface area is 144 Å². The van der Waals surface area contributed by atoms with Gasteiger partial charge in [0.1, 0.15) is 5.54 Å². The molecule has 0 spiro atoms. The second-order valence-corrected chi connectivity index (χ2v) is 7.70. The molecule has 1 saturated heterocycles. The minimum absolute atomic E-state index is 0.0559. The Morgan fingerprint density at radius 2 is 1.79 bits per heavy atom. The molecule has 1 saturated carbocycles. The third-order valence-corrected chi connectivity index (χ3v) is 5.53. The number of allylic oxidation sites excluding steroid dienone is 2. The van der Waals surface area contributed by atoms with Crippen molar-refractivity contribution in [3.8, 4) is 0 Å². The number of hydrazine groups is 1. The monoisotopic (exact) mass is 331 g/mol. The second kappa shape index (κ2) is 6.61. The van der Waals surface area contributed by atoms with Gasteiger partial charge in [-0.25, -0.2) is 10.0 Å². The predicted octanol–water partition coefficient (Wildman–Crippen LogP) is 3.03. The van der Waals surface area contributed by atoms with Gasteiger partial charge >= 0.3 is 0 Å². The number of rotatable bonds is 2. The van der Waals surface area contributed by atoms with Crippen LogP contribution in [0, 0.1) is 0 Å². The molecular weight excluding hydrogens is 302 g/mol. The van der Waals surface area contributed by atoms with E-state index in [0.717, 1.165) is 32.1 Å². The van der Waals surface area contributed by atoms with Gasteiger partial charge < -0.3 is 5.73 Å². The SMILES string of the molecule is CC1(C)C(=O)N(C2CCCCCCC2)N1C(=O)C1=C(N)CCC=C1. The summed E-state index contributed by atoms with van der Waals surface area (Å²) in [5.74, 6) is -0.0736. The molecule has 5 heteroatoms. The van der Waals surface area contributed by atoms with Crippen LogP contribution in [-0.4, -0.2) is 33.4 Å². The maximum atomic E-state index is 13.1. The average Bonchev–Trinajstić information content (AvgIpc) is 2.52. The van der Waals surface area contributed by atoms with Crippen LogP contribution in [-0.2, 0) is 9.59 Å². The van der Waals surface area contributed by atoms with E-state index in [1.807, 2.05) is 26.0 Å². The van der Waals surface area contributed by atoms with E-state index in [9.17, 15) is 9.59 Å². The minimum atomic E-state index is -0.780. The highest BCUT2D eigenvalue weighted by molar-refractivity contribution is 6.05. The van der Waals surface area contributed by atoms with Crippen LogP contribution in [0.2, 0.25) is 0 Å². The molecule has 1 aliphatic heterocycles. The average molecular weight is 331 g/mol. The molecule has 0 atom stereocenters. The van der Waals surface area contributed by atoms with E-state index in [0.29, 0.717) is 17.7 Å². The van der Waals surface area contributed by atoms with Gasteiger partial charge in [-0.05, 0) is 39.5 Å². The van der Waals surface area contributed by atoms with Crippen LogP contribution in [0.4, 0.5) is 0 Å². The first-order chi connectivity index (χ1) is 11.4. The first-order valence-corrected chi connectivity index (χ1v) is 9.28. The van der Waals surface area contributed by atoms with E-state index in [1.54, 1.807) is 10.0 Å². The van der Waals surface area contributed by atoms with Gasteiger partial charge in [0.2, 0.25) is 0 Å². The summed E-state index contributed by atoms with van der Waals surface area (Å²) >= 11 is 0. The molecule has 0 aromatic carbocycles. The van der Waals surface area contributed by atoms with E-state index in [4.69, 9.17) is 5.73 Å². The van der Waals surface area contributed by atoms with Gasteiger partial charge in [-0.15, -0.1) is 0 Å². The van der Waals surface area contributed by atoms with Crippen LogP contribution in [0.15, 0.2) is 23.4 Å². The van der Waals surface area contributed by atoms with Crippen molar-refractivity contribution < 1.29 is 9.59 Å². The number of carbonyl (C=O) groups is 2. The first kappa shape index (κ1) is 17.1. The number of hydrogen-bond acceptors (Lipinski definition) is 3. The van der Waals surface area contributed by atoms with Gasteiger partial charge in [-0.1, -0.05) is 44.3 Å². The normalized spacial score (nSPS) is 25.3. The lowest BCUT2D eigenvalue weighted by Gasteiger charge is -2.58. The molecule has 0 aromatic heterocycles. The van der Waals surface area contributed by atoms with Crippen LogP contribution in [0.3, 0.4) is 0 Å². The summed E-state index contributed by atoms with van der Waals surface area (Å²) in [6.07, 6.45) is 13.3. The second-order valence-electron chi connectivity index (χ2n) is 7.70. The van der Waals surface area contributed by atoms with Crippen LogP contribution >= 0.6 is 0 Å². The lowest BCUT2D eigenvalue weighted by molar-refractivity contribution is -0.224. The molecule has 3 aliphatic rings. The molecule has 24 heavy (non-hydrogen) atoms. The Hall–Kier alpha value is -1.78. The maximum Gasteiger partial charge on any atom is 0.275 e. The Balaban J connectivity index is 1.84. The molecule has 0 aromatic rings. The lowest BCUT2D eigenvalue weighted by Crippen LogP contribution is -2.78. The lowest BCUT2D eigenvalue weighted by atomic mass is 9.89. The highest BCUT2D eigenvalue weighted by Gasteiger charge is 2.57. The molecule has 0 bridgehead atoms. The van der Waals surface area contributed by atoms with Gasteiger partial charge in [-0.3, -0.25) is 9.59 Å². The third kappa shape index (κ3) is 2.85. The van der Waals surface area contributed by atoms with E-state index < -0.39 is 5.54 Å². The van der Waals surface area contributed by atoms with Gasteiger partial charge in [0, 0.05) is 5.70 Å². The molecule has 2 N–H and O–H groups in total. The minimum Gasteiger partial charge on any atom is -0.401 e. The summed E-state index contributed by atoms with van der Waals surface area (Å²) in [5, 5.41) is 3.40. The van der Waals surface area contributed by atoms with E-state index in [2.05, 4.69) is 0 Å². The fraction of sp³-hybridized carbons (Fsp3) is 0.684. The first-order valence-electron chi connectivity index (χ1n) is 9.28. The van der Waals surface area contributed by atoms with Gasteiger partial charge in [0.25, 0.3) is 11.8 Å². The van der Waals surface area contributed by atoms with Gasteiger partial charge in [0.05, 0.1) is 11.6 Å².